The van der Waals surface area contributed by atoms with Gasteiger partial charge in [0.25, 0.3) is 0 Å². The highest BCUT2D eigenvalue weighted by atomic mass is 16.4. The molecule has 8 heteroatoms. The lowest BCUT2D eigenvalue weighted by atomic mass is 10.0. The third-order valence-electron chi connectivity index (χ3n) is 7.40. The molecular formula is C34H18N4O4. The Morgan fingerprint density at radius 2 is 0.833 bits per heavy atom. The molecule has 4 aromatic carbocycles. The molecule has 0 unspecified atom stereocenters. The molecule has 0 aliphatic heterocycles. The van der Waals surface area contributed by atoms with Gasteiger partial charge in [0.1, 0.15) is 22.6 Å². The van der Waals surface area contributed by atoms with Crippen molar-refractivity contribution >= 4 is 43.5 Å². The van der Waals surface area contributed by atoms with Crippen LogP contribution in [0.5, 0.6) is 0 Å². The number of nitrogens with zero attached hydrogens (tertiary/aromatic N) is 4. The fraction of sp³-hybridized carbons (Fsp3) is 0. The van der Waals surface area contributed by atoms with E-state index in [2.05, 4.69) is 19.9 Å². The molecule has 0 saturated carbocycles. The molecule has 42 heavy (non-hydrogen) atoms. The first kappa shape index (κ1) is 23.8. The molecule has 0 aliphatic rings. The van der Waals surface area contributed by atoms with Gasteiger partial charge >= 0.3 is 11.3 Å². The van der Waals surface area contributed by atoms with Crippen LogP contribution in [-0.2, 0) is 0 Å². The summed E-state index contributed by atoms with van der Waals surface area (Å²) in [5.41, 5.74) is 2.35. The monoisotopic (exact) mass is 546 g/mol. The Hall–Kier alpha value is -6.02. The first-order valence-electron chi connectivity index (χ1n) is 13.2. The summed E-state index contributed by atoms with van der Waals surface area (Å²) in [7, 11) is 0. The Kier molecular flexibility index (Phi) is 5.26. The fourth-order valence-corrected chi connectivity index (χ4v) is 5.30. The molecule has 0 spiro atoms. The third kappa shape index (κ3) is 3.85. The van der Waals surface area contributed by atoms with Gasteiger partial charge in [0, 0.05) is 10.8 Å². The standard InChI is InChI=1S/C34H18N4O4/c39-33-25(13-23-21-7-3-1-5-19(21)9-11-31(23)41-33)27-15-37-29(17-35-27)30-18-36-28(16-38-30)26-14-24-22-8-4-2-6-20(22)10-12-32(24)42-34(26)40/h1-18H. The second-order valence-corrected chi connectivity index (χ2v) is 9.87. The van der Waals surface area contributed by atoms with Crippen molar-refractivity contribution < 1.29 is 8.83 Å². The van der Waals surface area contributed by atoms with Crippen LogP contribution in [0.25, 0.3) is 77.4 Å². The second-order valence-electron chi connectivity index (χ2n) is 9.87. The van der Waals surface area contributed by atoms with Gasteiger partial charge in [-0.1, -0.05) is 60.7 Å². The summed E-state index contributed by atoms with van der Waals surface area (Å²) in [5, 5.41) is 5.69. The lowest BCUT2D eigenvalue weighted by Gasteiger charge is -2.07. The van der Waals surface area contributed by atoms with Crippen molar-refractivity contribution in [1.29, 1.82) is 0 Å². The minimum absolute atomic E-state index is 0.315. The van der Waals surface area contributed by atoms with Crippen LogP contribution >= 0.6 is 0 Å². The van der Waals surface area contributed by atoms with Gasteiger partial charge < -0.3 is 8.83 Å². The van der Waals surface area contributed by atoms with Gasteiger partial charge in [0.05, 0.1) is 47.3 Å². The third-order valence-corrected chi connectivity index (χ3v) is 7.40. The van der Waals surface area contributed by atoms with Crippen molar-refractivity contribution in [2.75, 3.05) is 0 Å². The van der Waals surface area contributed by atoms with E-state index in [0.29, 0.717) is 45.1 Å². The SMILES string of the molecule is O=c1oc2ccc3ccccc3c2cc1-c1cnc(-c2cnc(-c3cc4c(ccc5ccccc54)oc3=O)cn2)cn1. The lowest BCUT2D eigenvalue weighted by Crippen LogP contribution is -2.05. The summed E-state index contributed by atoms with van der Waals surface area (Å²) in [4.78, 5) is 43.5. The van der Waals surface area contributed by atoms with Crippen LogP contribution in [0, 0.1) is 0 Å². The number of aromatic nitrogens is 4. The summed E-state index contributed by atoms with van der Waals surface area (Å²) in [6, 6.07) is 26.8. The van der Waals surface area contributed by atoms with Crippen molar-refractivity contribution in [3.8, 4) is 33.9 Å². The lowest BCUT2D eigenvalue weighted by molar-refractivity contribution is 0.563. The van der Waals surface area contributed by atoms with Crippen LogP contribution in [0.2, 0.25) is 0 Å². The predicted octanol–water partition coefficient (Wildman–Crippen LogP) is 6.79. The van der Waals surface area contributed by atoms with Crippen LogP contribution < -0.4 is 11.3 Å². The van der Waals surface area contributed by atoms with Gasteiger partial charge in [0.2, 0.25) is 0 Å². The summed E-state index contributed by atoms with van der Waals surface area (Å²) in [6.07, 6.45) is 6.08. The molecule has 0 bridgehead atoms. The zero-order valence-corrected chi connectivity index (χ0v) is 21.8. The van der Waals surface area contributed by atoms with E-state index in [1.807, 2.05) is 60.7 Å². The van der Waals surface area contributed by atoms with Gasteiger partial charge in [-0.3, -0.25) is 19.9 Å². The maximum atomic E-state index is 12.8. The molecule has 0 N–H and O–H groups in total. The van der Waals surface area contributed by atoms with Gasteiger partial charge in [-0.15, -0.1) is 0 Å². The van der Waals surface area contributed by atoms with E-state index in [1.165, 1.54) is 24.8 Å². The van der Waals surface area contributed by atoms with Crippen molar-refractivity contribution in [3.63, 3.8) is 0 Å². The Balaban J connectivity index is 1.14. The quantitative estimate of drug-likeness (QED) is 0.176. The number of hydrogen-bond donors (Lipinski definition) is 0. The maximum absolute atomic E-state index is 12.8. The molecule has 198 valence electrons. The molecule has 0 saturated heterocycles. The fourth-order valence-electron chi connectivity index (χ4n) is 5.30. The number of benzene rings is 4. The van der Waals surface area contributed by atoms with E-state index in [-0.39, 0.29) is 0 Å². The highest BCUT2D eigenvalue weighted by molar-refractivity contribution is 6.07. The van der Waals surface area contributed by atoms with E-state index < -0.39 is 11.3 Å². The average Bonchev–Trinajstić information content (AvgIpc) is 3.04. The van der Waals surface area contributed by atoms with Crippen molar-refractivity contribution in [2.45, 2.75) is 0 Å². The van der Waals surface area contributed by atoms with Crippen LogP contribution in [0.15, 0.2) is 128 Å². The maximum Gasteiger partial charge on any atom is 0.345 e. The molecule has 8 aromatic rings. The highest BCUT2D eigenvalue weighted by Gasteiger charge is 2.15. The largest absolute Gasteiger partial charge is 0.422 e. The summed E-state index contributed by atoms with van der Waals surface area (Å²) >= 11 is 0. The normalized spacial score (nSPS) is 11.5. The zero-order valence-electron chi connectivity index (χ0n) is 21.8. The topological polar surface area (TPSA) is 112 Å². The molecule has 4 aromatic heterocycles. The molecule has 0 radical (unpaired) electrons. The van der Waals surface area contributed by atoms with E-state index in [1.54, 1.807) is 24.3 Å². The van der Waals surface area contributed by atoms with E-state index in [4.69, 9.17) is 8.83 Å². The van der Waals surface area contributed by atoms with Gasteiger partial charge in [-0.25, -0.2) is 9.59 Å². The van der Waals surface area contributed by atoms with Crippen LogP contribution in [0.4, 0.5) is 0 Å². The molecular weight excluding hydrogens is 528 g/mol. The van der Waals surface area contributed by atoms with Gasteiger partial charge in [-0.05, 0) is 45.8 Å². The number of rotatable bonds is 3. The summed E-state index contributed by atoms with van der Waals surface area (Å²) in [5.74, 6) is 0. The molecule has 0 atom stereocenters. The van der Waals surface area contributed by atoms with E-state index >= 15 is 0 Å². The molecule has 8 rings (SSSR count). The van der Waals surface area contributed by atoms with Crippen LogP contribution in [0.1, 0.15) is 0 Å². The summed E-state index contributed by atoms with van der Waals surface area (Å²) < 4.78 is 11.2. The van der Waals surface area contributed by atoms with Crippen molar-refractivity contribution in [2.24, 2.45) is 0 Å². The Bertz CT molecular complexity index is 2270. The van der Waals surface area contributed by atoms with Crippen LogP contribution in [-0.4, -0.2) is 19.9 Å². The smallest absolute Gasteiger partial charge is 0.345 e. The minimum atomic E-state index is -0.494. The number of fused-ring (bicyclic) bond motifs is 6. The summed E-state index contributed by atoms with van der Waals surface area (Å²) in [6.45, 7) is 0. The average molecular weight is 547 g/mol. The van der Waals surface area contributed by atoms with Gasteiger partial charge in [-0.2, -0.15) is 0 Å². The second kappa shape index (κ2) is 9.28. The highest BCUT2D eigenvalue weighted by Crippen LogP contribution is 2.29. The van der Waals surface area contributed by atoms with E-state index in [0.717, 1.165) is 32.3 Å². The van der Waals surface area contributed by atoms with Crippen molar-refractivity contribution in [3.05, 3.63) is 131 Å². The van der Waals surface area contributed by atoms with Gasteiger partial charge in [0.15, 0.2) is 0 Å². The number of hydrogen-bond acceptors (Lipinski definition) is 8. The van der Waals surface area contributed by atoms with Crippen LogP contribution in [0.3, 0.4) is 0 Å². The first-order chi connectivity index (χ1) is 20.6. The zero-order chi connectivity index (χ0) is 28.2. The molecule has 0 aliphatic carbocycles. The molecule has 4 heterocycles. The Morgan fingerprint density at radius 3 is 1.26 bits per heavy atom. The van der Waals surface area contributed by atoms with E-state index in [9.17, 15) is 9.59 Å². The predicted molar refractivity (Wildman–Crippen MR) is 161 cm³/mol. The Labute approximate surface area is 236 Å². The Morgan fingerprint density at radius 1 is 0.429 bits per heavy atom. The molecule has 0 fully saturated rings. The molecule has 0 amide bonds. The van der Waals surface area contributed by atoms with Crippen molar-refractivity contribution in [1.82, 2.24) is 19.9 Å². The molecule has 8 nitrogen and oxygen atoms in total. The first-order valence-corrected chi connectivity index (χ1v) is 13.2. The minimum Gasteiger partial charge on any atom is -0.422 e.